The first-order chi connectivity index (χ1) is 8.17. The van der Waals surface area contributed by atoms with Crippen LogP contribution in [0.1, 0.15) is 17.7 Å². The van der Waals surface area contributed by atoms with Crippen molar-refractivity contribution in [1.29, 1.82) is 0 Å². The highest BCUT2D eigenvalue weighted by Gasteiger charge is 2.26. The van der Waals surface area contributed by atoms with Crippen LogP contribution in [0.15, 0.2) is 0 Å². The zero-order valence-corrected chi connectivity index (χ0v) is 10.9. The summed E-state index contributed by atoms with van der Waals surface area (Å²) < 4.78 is 1.96. The van der Waals surface area contributed by atoms with Crippen LogP contribution in [0.4, 0.5) is 5.82 Å². The van der Waals surface area contributed by atoms with Crippen LogP contribution in [0.3, 0.4) is 0 Å². The molecule has 5 heteroatoms. The van der Waals surface area contributed by atoms with Crippen molar-refractivity contribution in [3.05, 3.63) is 11.3 Å². The third kappa shape index (κ3) is 2.30. The molecule has 0 saturated carbocycles. The molecule has 1 aromatic heterocycles. The van der Waals surface area contributed by atoms with E-state index in [0.29, 0.717) is 5.92 Å². The molecular formula is C12H22N4O. The monoisotopic (exact) mass is 238 g/mol. The molecule has 17 heavy (non-hydrogen) atoms. The van der Waals surface area contributed by atoms with Gasteiger partial charge in [0.15, 0.2) is 0 Å². The van der Waals surface area contributed by atoms with Gasteiger partial charge in [-0.1, -0.05) is 0 Å². The highest BCUT2D eigenvalue weighted by atomic mass is 16.3. The summed E-state index contributed by atoms with van der Waals surface area (Å²) in [4.78, 5) is 2.34. The van der Waals surface area contributed by atoms with Gasteiger partial charge in [-0.25, -0.2) is 0 Å². The first-order valence-electron chi connectivity index (χ1n) is 6.20. The van der Waals surface area contributed by atoms with E-state index in [1.165, 1.54) is 11.4 Å². The van der Waals surface area contributed by atoms with Gasteiger partial charge >= 0.3 is 0 Å². The van der Waals surface area contributed by atoms with Gasteiger partial charge in [-0.2, -0.15) is 5.10 Å². The third-order valence-electron chi connectivity index (χ3n) is 3.51. The summed E-state index contributed by atoms with van der Waals surface area (Å²) in [5, 5.41) is 16.9. The third-order valence-corrected chi connectivity index (χ3v) is 3.51. The molecule has 1 atom stereocenters. The van der Waals surface area contributed by atoms with E-state index in [2.05, 4.69) is 22.2 Å². The van der Waals surface area contributed by atoms with E-state index in [1.807, 2.05) is 18.8 Å². The number of nitrogens with zero attached hydrogens (tertiary/aromatic N) is 3. The van der Waals surface area contributed by atoms with Crippen LogP contribution in [0.25, 0.3) is 0 Å². The Kier molecular flexibility index (Phi) is 3.69. The van der Waals surface area contributed by atoms with E-state index < -0.39 is 0 Å². The van der Waals surface area contributed by atoms with Crippen molar-refractivity contribution in [3.8, 4) is 0 Å². The maximum absolute atomic E-state index is 9.22. The van der Waals surface area contributed by atoms with E-state index >= 15 is 0 Å². The SMILES string of the molecule is CNCc1c(C)nn(C)c1N1CCC(CO)C1. The van der Waals surface area contributed by atoms with Gasteiger partial charge in [-0.05, 0) is 20.4 Å². The van der Waals surface area contributed by atoms with Gasteiger partial charge < -0.3 is 15.3 Å². The molecule has 1 aliphatic heterocycles. The van der Waals surface area contributed by atoms with Gasteiger partial charge in [0.2, 0.25) is 0 Å². The molecule has 0 aliphatic carbocycles. The maximum Gasteiger partial charge on any atom is 0.131 e. The molecule has 96 valence electrons. The van der Waals surface area contributed by atoms with Crippen LogP contribution in [-0.4, -0.2) is 41.6 Å². The second-order valence-electron chi connectivity index (χ2n) is 4.82. The summed E-state index contributed by atoms with van der Waals surface area (Å²) in [6.45, 7) is 5.13. The maximum atomic E-state index is 9.22. The van der Waals surface area contributed by atoms with E-state index in [0.717, 1.165) is 31.7 Å². The van der Waals surface area contributed by atoms with Gasteiger partial charge in [0.05, 0.1) is 5.69 Å². The lowest BCUT2D eigenvalue weighted by molar-refractivity contribution is 0.238. The molecule has 0 aromatic carbocycles. The van der Waals surface area contributed by atoms with Gasteiger partial charge in [0.1, 0.15) is 5.82 Å². The molecule has 1 aromatic rings. The minimum absolute atomic E-state index is 0.286. The summed E-state index contributed by atoms with van der Waals surface area (Å²) in [5.74, 6) is 1.61. The number of aliphatic hydroxyl groups is 1. The Morgan fingerprint density at radius 3 is 2.88 bits per heavy atom. The predicted octanol–water partition coefficient (Wildman–Crippen LogP) is 0.267. The molecule has 0 radical (unpaired) electrons. The first kappa shape index (κ1) is 12.4. The molecular weight excluding hydrogens is 216 g/mol. The first-order valence-corrected chi connectivity index (χ1v) is 6.20. The van der Waals surface area contributed by atoms with Crippen molar-refractivity contribution in [3.63, 3.8) is 0 Å². The number of hydrogen-bond acceptors (Lipinski definition) is 4. The zero-order chi connectivity index (χ0) is 12.4. The van der Waals surface area contributed by atoms with E-state index in [4.69, 9.17) is 0 Å². The molecule has 5 nitrogen and oxygen atoms in total. The van der Waals surface area contributed by atoms with Crippen molar-refractivity contribution in [2.24, 2.45) is 13.0 Å². The topological polar surface area (TPSA) is 53.3 Å². The van der Waals surface area contributed by atoms with E-state index in [1.54, 1.807) is 0 Å². The Hall–Kier alpha value is -1.07. The number of anilines is 1. The van der Waals surface area contributed by atoms with Gasteiger partial charge in [-0.15, -0.1) is 0 Å². The average molecular weight is 238 g/mol. The largest absolute Gasteiger partial charge is 0.396 e. The Bertz CT molecular complexity index is 388. The Morgan fingerprint density at radius 1 is 1.53 bits per heavy atom. The van der Waals surface area contributed by atoms with Crippen molar-refractivity contribution < 1.29 is 5.11 Å². The summed E-state index contributed by atoms with van der Waals surface area (Å²) in [7, 11) is 3.95. The minimum Gasteiger partial charge on any atom is -0.396 e. The number of aromatic nitrogens is 2. The molecule has 2 rings (SSSR count). The van der Waals surface area contributed by atoms with Gasteiger partial charge in [-0.3, -0.25) is 4.68 Å². The summed E-state index contributed by atoms with van der Waals surface area (Å²) in [5.41, 5.74) is 2.36. The Balaban J connectivity index is 2.25. The second-order valence-corrected chi connectivity index (χ2v) is 4.82. The standard InChI is InChI=1S/C12H22N4O/c1-9-11(6-13-2)12(15(3)14-9)16-5-4-10(7-16)8-17/h10,13,17H,4-8H2,1-3H3. The summed E-state index contributed by atoms with van der Waals surface area (Å²) >= 11 is 0. The Labute approximate surface area is 102 Å². The smallest absolute Gasteiger partial charge is 0.131 e. The van der Waals surface area contributed by atoms with Crippen LogP contribution >= 0.6 is 0 Å². The van der Waals surface area contributed by atoms with Crippen LogP contribution in [0.5, 0.6) is 0 Å². The van der Waals surface area contributed by atoms with Gasteiger partial charge in [0, 0.05) is 44.8 Å². The van der Waals surface area contributed by atoms with Crippen LogP contribution in [-0.2, 0) is 13.6 Å². The summed E-state index contributed by atoms with van der Waals surface area (Å²) in [6, 6.07) is 0. The van der Waals surface area contributed by atoms with Crippen LogP contribution < -0.4 is 10.2 Å². The zero-order valence-electron chi connectivity index (χ0n) is 10.9. The molecule has 1 unspecified atom stereocenters. The normalized spacial score (nSPS) is 20.2. The highest BCUT2D eigenvalue weighted by Crippen LogP contribution is 2.28. The number of hydrogen-bond donors (Lipinski definition) is 2. The summed E-state index contributed by atoms with van der Waals surface area (Å²) in [6.07, 6.45) is 1.07. The van der Waals surface area contributed by atoms with Crippen molar-refractivity contribution in [2.45, 2.75) is 19.9 Å². The molecule has 1 fully saturated rings. The fourth-order valence-electron chi connectivity index (χ4n) is 2.64. The van der Waals surface area contributed by atoms with Crippen molar-refractivity contribution in [1.82, 2.24) is 15.1 Å². The minimum atomic E-state index is 0.286. The van der Waals surface area contributed by atoms with Gasteiger partial charge in [0.25, 0.3) is 0 Å². The fraction of sp³-hybridized carbons (Fsp3) is 0.750. The van der Waals surface area contributed by atoms with Crippen molar-refractivity contribution in [2.75, 3.05) is 31.6 Å². The molecule has 2 heterocycles. The molecule has 1 saturated heterocycles. The predicted molar refractivity (Wildman–Crippen MR) is 68.1 cm³/mol. The number of aryl methyl sites for hydroxylation is 2. The quantitative estimate of drug-likeness (QED) is 0.790. The van der Waals surface area contributed by atoms with E-state index in [-0.39, 0.29) is 6.61 Å². The molecule has 0 bridgehead atoms. The highest BCUT2D eigenvalue weighted by molar-refractivity contribution is 5.51. The average Bonchev–Trinajstić information content (AvgIpc) is 2.85. The number of rotatable bonds is 4. The molecule has 1 aliphatic rings. The number of aliphatic hydroxyl groups excluding tert-OH is 1. The lowest BCUT2D eigenvalue weighted by Gasteiger charge is -2.20. The lowest BCUT2D eigenvalue weighted by Crippen LogP contribution is -2.25. The molecule has 2 N–H and O–H groups in total. The number of nitrogens with one attached hydrogen (secondary N) is 1. The lowest BCUT2D eigenvalue weighted by atomic mass is 10.1. The fourth-order valence-corrected chi connectivity index (χ4v) is 2.64. The van der Waals surface area contributed by atoms with E-state index in [9.17, 15) is 5.11 Å². The Morgan fingerprint density at radius 2 is 2.29 bits per heavy atom. The van der Waals surface area contributed by atoms with Crippen LogP contribution in [0, 0.1) is 12.8 Å². The molecule has 0 spiro atoms. The van der Waals surface area contributed by atoms with Crippen LogP contribution in [0.2, 0.25) is 0 Å². The second kappa shape index (κ2) is 5.06. The van der Waals surface area contributed by atoms with Crippen molar-refractivity contribution >= 4 is 5.82 Å². The molecule has 0 amide bonds.